The molecule has 5 nitrogen and oxygen atoms in total. The van der Waals surface area contributed by atoms with Gasteiger partial charge in [-0.05, 0) is 50.6 Å². The number of rotatable bonds is 5. The molecule has 6 heteroatoms. The zero-order chi connectivity index (χ0) is 16.3. The molecule has 1 aromatic carbocycles. The Morgan fingerprint density at radius 2 is 1.95 bits per heavy atom. The molecule has 2 rings (SSSR count). The number of likely N-dealkylation sites (N-methyl/N-ethyl adjacent to an activating group) is 1. The van der Waals surface area contributed by atoms with Crippen LogP contribution in [0.3, 0.4) is 0 Å². The molecular formula is C16H21BrN2O3. The minimum atomic E-state index is -0.995. The molecule has 1 heterocycles. The molecule has 0 bridgehead atoms. The van der Waals surface area contributed by atoms with E-state index in [0.717, 1.165) is 36.0 Å². The van der Waals surface area contributed by atoms with Crippen LogP contribution in [-0.4, -0.2) is 53.0 Å². The molecule has 1 aliphatic heterocycles. The number of benzene rings is 1. The van der Waals surface area contributed by atoms with Crippen molar-refractivity contribution in [1.82, 2.24) is 9.80 Å². The van der Waals surface area contributed by atoms with Gasteiger partial charge in [-0.25, -0.2) is 4.79 Å². The van der Waals surface area contributed by atoms with Crippen molar-refractivity contribution < 1.29 is 14.7 Å². The summed E-state index contributed by atoms with van der Waals surface area (Å²) < 4.78 is 0.913. The Bertz CT molecular complexity index is 558. The minimum Gasteiger partial charge on any atom is -0.480 e. The summed E-state index contributed by atoms with van der Waals surface area (Å²) in [6.45, 7) is 3.25. The highest BCUT2D eigenvalue weighted by molar-refractivity contribution is 9.10. The van der Waals surface area contributed by atoms with Crippen LogP contribution in [0.5, 0.6) is 0 Å². The quantitative estimate of drug-likeness (QED) is 0.867. The van der Waals surface area contributed by atoms with E-state index in [1.807, 2.05) is 24.3 Å². The number of amides is 1. The predicted molar refractivity (Wildman–Crippen MR) is 87.6 cm³/mol. The fraction of sp³-hybridized carbons (Fsp3) is 0.500. The number of hydrogen-bond donors (Lipinski definition) is 1. The monoisotopic (exact) mass is 368 g/mol. The lowest BCUT2D eigenvalue weighted by Crippen LogP contribution is -2.46. The van der Waals surface area contributed by atoms with Crippen molar-refractivity contribution in [2.24, 2.45) is 0 Å². The van der Waals surface area contributed by atoms with Gasteiger partial charge in [-0.15, -0.1) is 0 Å². The smallest absolute Gasteiger partial charge is 0.326 e. The van der Waals surface area contributed by atoms with Gasteiger partial charge in [0.15, 0.2) is 0 Å². The number of carbonyl (C=O) groups is 2. The standard InChI is InChI=1S/C16H21BrN2O3/c1-11(16(21)22)18(2)15(20)14(19-8-3-4-9-19)12-6-5-7-13(17)10-12/h5-7,10-11,14H,3-4,8-9H2,1-2H3,(H,21,22). The molecule has 0 spiro atoms. The third kappa shape index (κ3) is 3.67. The van der Waals surface area contributed by atoms with E-state index < -0.39 is 18.1 Å². The predicted octanol–water partition coefficient (Wildman–Crippen LogP) is 2.52. The summed E-state index contributed by atoms with van der Waals surface area (Å²) in [7, 11) is 1.56. The highest BCUT2D eigenvalue weighted by Crippen LogP contribution is 2.29. The largest absolute Gasteiger partial charge is 0.480 e. The summed E-state index contributed by atoms with van der Waals surface area (Å²) >= 11 is 3.44. The number of hydrogen-bond acceptors (Lipinski definition) is 3. The van der Waals surface area contributed by atoms with E-state index in [2.05, 4.69) is 20.8 Å². The first-order chi connectivity index (χ1) is 10.4. The van der Waals surface area contributed by atoms with E-state index in [-0.39, 0.29) is 5.91 Å². The van der Waals surface area contributed by atoms with Crippen LogP contribution in [0.1, 0.15) is 31.4 Å². The first-order valence-electron chi connectivity index (χ1n) is 7.41. The van der Waals surface area contributed by atoms with E-state index in [0.29, 0.717) is 0 Å². The zero-order valence-electron chi connectivity index (χ0n) is 12.8. The van der Waals surface area contributed by atoms with Gasteiger partial charge in [0.2, 0.25) is 5.91 Å². The van der Waals surface area contributed by atoms with Crippen molar-refractivity contribution in [3.63, 3.8) is 0 Å². The Hall–Kier alpha value is -1.40. The molecule has 1 fully saturated rings. The molecule has 1 amide bonds. The summed E-state index contributed by atoms with van der Waals surface area (Å²) in [5, 5.41) is 9.15. The first-order valence-corrected chi connectivity index (χ1v) is 8.20. The third-order valence-electron chi connectivity index (χ3n) is 4.19. The maximum absolute atomic E-state index is 12.9. The van der Waals surface area contributed by atoms with E-state index >= 15 is 0 Å². The maximum Gasteiger partial charge on any atom is 0.326 e. The molecule has 0 aliphatic carbocycles. The zero-order valence-corrected chi connectivity index (χ0v) is 14.4. The summed E-state index contributed by atoms with van der Waals surface area (Å²) in [4.78, 5) is 27.5. The molecule has 1 aliphatic rings. The highest BCUT2D eigenvalue weighted by atomic mass is 79.9. The Kier molecular flexibility index (Phi) is 5.58. The average Bonchev–Trinajstić information content (AvgIpc) is 2.99. The highest BCUT2D eigenvalue weighted by Gasteiger charge is 2.34. The van der Waals surface area contributed by atoms with Crippen LogP contribution in [0, 0.1) is 0 Å². The Morgan fingerprint density at radius 3 is 2.50 bits per heavy atom. The molecule has 0 aromatic heterocycles. The fourth-order valence-electron chi connectivity index (χ4n) is 2.74. The molecule has 120 valence electrons. The van der Waals surface area contributed by atoms with Crippen LogP contribution in [0.2, 0.25) is 0 Å². The molecular weight excluding hydrogens is 348 g/mol. The average molecular weight is 369 g/mol. The van der Waals surface area contributed by atoms with Crippen molar-refractivity contribution >= 4 is 27.8 Å². The number of carboxylic acids is 1. The van der Waals surface area contributed by atoms with E-state index in [1.165, 1.54) is 11.8 Å². The van der Waals surface area contributed by atoms with Gasteiger partial charge < -0.3 is 10.0 Å². The van der Waals surface area contributed by atoms with Crippen molar-refractivity contribution in [3.8, 4) is 0 Å². The Balaban J connectivity index is 2.32. The van der Waals surface area contributed by atoms with Crippen molar-refractivity contribution in [2.45, 2.75) is 31.8 Å². The second kappa shape index (κ2) is 7.24. The van der Waals surface area contributed by atoms with Gasteiger partial charge >= 0.3 is 5.97 Å². The van der Waals surface area contributed by atoms with Gasteiger partial charge in [-0.1, -0.05) is 28.1 Å². The van der Waals surface area contributed by atoms with Crippen molar-refractivity contribution in [1.29, 1.82) is 0 Å². The van der Waals surface area contributed by atoms with E-state index in [1.54, 1.807) is 7.05 Å². The number of carbonyl (C=O) groups excluding carboxylic acids is 1. The normalized spacial score (nSPS) is 18.0. The summed E-state index contributed by atoms with van der Waals surface area (Å²) in [6, 6.07) is 6.40. The second-order valence-corrected chi connectivity index (χ2v) is 6.58. The second-order valence-electron chi connectivity index (χ2n) is 5.66. The molecule has 1 aromatic rings. The Labute approximate surface area is 139 Å². The lowest BCUT2D eigenvalue weighted by molar-refractivity contribution is -0.150. The van der Waals surface area contributed by atoms with Crippen LogP contribution >= 0.6 is 15.9 Å². The summed E-state index contributed by atoms with van der Waals surface area (Å²) in [5.74, 6) is -1.17. The van der Waals surface area contributed by atoms with Gasteiger partial charge in [-0.2, -0.15) is 0 Å². The molecule has 1 saturated heterocycles. The molecule has 22 heavy (non-hydrogen) atoms. The van der Waals surface area contributed by atoms with E-state index in [9.17, 15) is 9.59 Å². The van der Waals surface area contributed by atoms with Gasteiger partial charge in [0, 0.05) is 11.5 Å². The molecule has 1 N–H and O–H groups in total. The van der Waals surface area contributed by atoms with Gasteiger partial charge in [0.1, 0.15) is 12.1 Å². The van der Waals surface area contributed by atoms with Crippen molar-refractivity contribution in [3.05, 3.63) is 34.3 Å². The van der Waals surface area contributed by atoms with Gasteiger partial charge in [0.05, 0.1) is 0 Å². The SMILES string of the molecule is CC(C(=O)O)N(C)C(=O)C(c1cccc(Br)c1)N1CCCC1. The summed E-state index contributed by atoms with van der Waals surface area (Å²) in [5.41, 5.74) is 0.894. The minimum absolute atomic E-state index is 0.171. The lowest BCUT2D eigenvalue weighted by Gasteiger charge is -2.32. The first kappa shape index (κ1) is 17.0. The fourth-order valence-corrected chi connectivity index (χ4v) is 3.15. The molecule has 0 radical (unpaired) electrons. The lowest BCUT2D eigenvalue weighted by atomic mass is 10.0. The maximum atomic E-state index is 12.9. The van der Waals surface area contributed by atoms with Crippen LogP contribution in [0.25, 0.3) is 0 Å². The number of carboxylic acid groups (broad SMARTS) is 1. The molecule has 0 saturated carbocycles. The van der Waals surface area contributed by atoms with Crippen molar-refractivity contribution in [2.75, 3.05) is 20.1 Å². The van der Waals surface area contributed by atoms with Gasteiger partial charge in [-0.3, -0.25) is 9.69 Å². The number of likely N-dealkylation sites (tertiary alicyclic amines) is 1. The van der Waals surface area contributed by atoms with Crippen LogP contribution in [0.15, 0.2) is 28.7 Å². The number of aliphatic carboxylic acids is 1. The Morgan fingerprint density at radius 1 is 1.32 bits per heavy atom. The number of halogens is 1. The molecule has 2 unspecified atom stereocenters. The topological polar surface area (TPSA) is 60.9 Å². The van der Waals surface area contributed by atoms with Crippen LogP contribution < -0.4 is 0 Å². The van der Waals surface area contributed by atoms with Gasteiger partial charge in [0.25, 0.3) is 0 Å². The van der Waals surface area contributed by atoms with Crippen LogP contribution in [0.4, 0.5) is 0 Å². The van der Waals surface area contributed by atoms with Crippen LogP contribution in [-0.2, 0) is 9.59 Å². The molecule has 2 atom stereocenters. The van der Waals surface area contributed by atoms with E-state index in [4.69, 9.17) is 5.11 Å². The summed E-state index contributed by atoms with van der Waals surface area (Å²) in [6.07, 6.45) is 2.13. The number of nitrogens with zero attached hydrogens (tertiary/aromatic N) is 2. The third-order valence-corrected chi connectivity index (χ3v) is 4.68.